The van der Waals surface area contributed by atoms with Gasteiger partial charge in [-0.3, -0.25) is 9.59 Å². The third-order valence-electron chi connectivity index (χ3n) is 3.81. The number of carbonyl (C=O) groups is 3. The first-order chi connectivity index (χ1) is 12.2. The van der Waals surface area contributed by atoms with Crippen molar-refractivity contribution in [3.63, 3.8) is 0 Å². The van der Waals surface area contributed by atoms with E-state index < -0.39 is 29.1 Å². The second-order valence-electron chi connectivity index (χ2n) is 6.09. The molecule has 0 aromatic carbocycles. The van der Waals surface area contributed by atoms with E-state index in [1.807, 2.05) is 0 Å². The van der Waals surface area contributed by atoms with E-state index in [0.717, 1.165) is 11.8 Å². The van der Waals surface area contributed by atoms with Gasteiger partial charge in [-0.1, -0.05) is 18.7 Å². The number of carbonyl (C=O) groups excluding carboxylic acids is 3. The number of nitrogens with zero attached hydrogens (tertiary/aromatic N) is 2. The Labute approximate surface area is 155 Å². The van der Waals surface area contributed by atoms with Crippen LogP contribution >= 0.6 is 11.8 Å². The van der Waals surface area contributed by atoms with Crippen LogP contribution in [0.2, 0.25) is 0 Å². The van der Waals surface area contributed by atoms with Gasteiger partial charge in [0.1, 0.15) is 6.04 Å². The predicted molar refractivity (Wildman–Crippen MR) is 93.5 cm³/mol. The van der Waals surface area contributed by atoms with E-state index in [4.69, 9.17) is 10.5 Å². The minimum Gasteiger partial charge on any atom is -0.464 e. The minimum absolute atomic E-state index is 0.0144. The van der Waals surface area contributed by atoms with Crippen LogP contribution in [-0.2, 0) is 24.0 Å². The summed E-state index contributed by atoms with van der Waals surface area (Å²) in [7, 11) is 0. The van der Waals surface area contributed by atoms with Crippen LogP contribution in [0.15, 0.2) is 0 Å². The van der Waals surface area contributed by atoms with E-state index in [0.29, 0.717) is 25.1 Å². The van der Waals surface area contributed by atoms with Gasteiger partial charge in [-0.15, -0.1) is 10.1 Å². The van der Waals surface area contributed by atoms with Crippen LogP contribution < -0.4 is 5.73 Å². The lowest BCUT2D eigenvalue weighted by Gasteiger charge is -2.26. The summed E-state index contributed by atoms with van der Waals surface area (Å²) >= 11 is 1.01. The molecule has 3 atom stereocenters. The van der Waals surface area contributed by atoms with Crippen molar-refractivity contribution >= 4 is 28.8 Å². The van der Waals surface area contributed by atoms with Gasteiger partial charge in [0.05, 0.1) is 19.3 Å². The Balaban J connectivity index is 2.44. The van der Waals surface area contributed by atoms with Gasteiger partial charge in [0, 0.05) is 24.6 Å². The average Bonchev–Trinajstić information content (AvgIpc) is 3.07. The largest absolute Gasteiger partial charge is 0.464 e. The predicted octanol–water partition coefficient (Wildman–Crippen LogP) is 0.362. The lowest BCUT2D eigenvalue weighted by Crippen LogP contribution is -2.44. The van der Waals surface area contributed by atoms with Crippen LogP contribution in [0.5, 0.6) is 0 Å². The first-order valence-electron chi connectivity index (χ1n) is 8.40. The van der Waals surface area contributed by atoms with Crippen LogP contribution in [0, 0.1) is 16.0 Å². The van der Waals surface area contributed by atoms with E-state index in [-0.39, 0.29) is 30.7 Å². The Hall–Kier alpha value is -1.88. The maximum absolute atomic E-state index is 12.6. The van der Waals surface area contributed by atoms with Crippen molar-refractivity contribution in [1.29, 1.82) is 0 Å². The SMILES string of the molecule is CC(N)C(=O)SC[C@@H](C)C(=O)N1CCC[C@H]1C(=O)OCCCO[N+](=O)[O-]. The van der Waals surface area contributed by atoms with Gasteiger partial charge >= 0.3 is 5.97 Å². The zero-order chi connectivity index (χ0) is 19.7. The number of esters is 1. The van der Waals surface area contributed by atoms with Crippen molar-refractivity contribution in [2.75, 3.05) is 25.5 Å². The highest BCUT2D eigenvalue weighted by Crippen LogP contribution is 2.23. The van der Waals surface area contributed by atoms with Gasteiger partial charge in [-0.25, -0.2) is 4.79 Å². The van der Waals surface area contributed by atoms with Crippen molar-refractivity contribution in [2.24, 2.45) is 11.7 Å². The third kappa shape index (κ3) is 7.16. The summed E-state index contributed by atoms with van der Waals surface area (Å²) in [5.74, 6) is -0.852. The lowest BCUT2D eigenvalue weighted by molar-refractivity contribution is -0.757. The first-order valence-corrected chi connectivity index (χ1v) is 9.39. The summed E-state index contributed by atoms with van der Waals surface area (Å²) in [4.78, 5) is 51.9. The van der Waals surface area contributed by atoms with Gasteiger partial charge in [-0.05, 0) is 19.8 Å². The number of thioether (sulfide) groups is 1. The summed E-state index contributed by atoms with van der Waals surface area (Å²) in [5.41, 5.74) is 5.49. The van der Waals surface area contributed by atoms with Crippen molar-refractivity contribution in [1.82, 2.24) is 4.90 Å². The smallest absolute Gasteiger partial charge is 0.328 e. The molecule has 0 radical (unpaired) electrons. The monoisotopic (exact) mass is 391 g/mol. The molecule has 1 amide bonds. The Morgan fingerprint density at radius 3 is 2.65 bits per heavy atom. The maximum atomic E-state index is 12.6. The molecule has 0 aromatic heterocycles. The molecular formula is C15H25N3O7S. The highest BCUT2D eigenvalue weighted by atomic mass is 32.2. The fourth-order valence-electron chi connectivity index (χ4n) is 2.44. The Bertz CT molecular complexity index is 529. The summed E-state index contributed by atoms with van der Waals surface area (Å²) in [6, 6.07) is -1.24. The van der Waals surface area contributed by atoms with Crippen LogP contribution in [-0.4, -0.2) is 64.6 Å². The van der Waals surface area contributed by atoms with E-state index in [1.165, 1.54) is 4.90 Å². The highest BCUT2D eigenvalue weighted by molar-refractivity contribution is 8.13. The standard InChI is InChI=1S/C15H25N3O7S/c1-10(9-26-15(21)11(2)16)13(19)17-6-3-5-12(17)14(20)24-7-4-8-25-18(22)23/h10-12H,3-9,16H2,1-2H3/t10-,11?,12+/m1/s1. The molecule has 1 unspecified atom stereocenters. The van der Waals surface area contributed by atoms with E-state index in [1.54, 1.807) is 13.8 Å². The molecule has 148 valence electrons. The molecule has 0 spiro atoms. The first kappa shape index (κ1) is 22.2. The van der Waals surface area contributed by atoms with E-state index >= 15 is 0 Å². The van der Waals surface area contributed by atoms with Gasteiger partial charge < -0.3 is 20.2 Å². The molecule has 2 N–H and O–H groups in total. The molecule has 0 bridgehead atoms. The molecule has 11 heteroatoms. The Morgan fingerprint density at radius 1 is 1.35 bits per heavy atom. The second kappa shape index (κ2) is 11.0. The quantitative estimate of drug-likeness (QED) is 0.242. The van der Waals surface area contributed by atoms with Gasteiger partial charge in [-0.2, -0.15) is 0 Å². The van der Waals surface area contributed by atoms with Crippen LogP contribution in [0.25, 0.3) is 0 Å². The summed E-state index contributed by atoms with van der Waals surface area (Å²) in [5, 5.41) is 8.93. The third-order valence-corrected chi connectivity index (χ3v) is 5.13. The number of hydrogen-bond acceptors (Lipinski definition) is 9. The Morgan fingerprint density at radius 2 is 2.04 bits per heavy atom. The highest BCUT2D eigenvalue weighted by Gasteiger charge is 2.37. The van der Waals surface area contributed by atoms with Crippen LogP contribution in [0.4, 0.5) is 0 Å². The number of hydrogen-bond donors (Lipinski definition) is 1. The molecule has 0 saturated carbocycles. The minimum atomic E-state index is -0.908. The second-order valence-corrected chi connectivity index (χ2v) is 7.11. The van der Waals surface area contributed by atoms with Crippen LogP contribution in [0.1, 0.15) is 33.1 Å². The van der Waals surface area contributed by atoms with Gasteiger partial charge in [0.2, 0.25) is 11.0 Å². The fourth-order valence-corrected chi connectivity index (χ4v) is 3.26. The average molecular weight is 391 g/mol. The van der Waals surface area contributed by atoms with Crippen molar-refractivity contribution in [2.45, 2.75) is 45.2 Å². The zero-order valence-electron chi connectivity index (χ0n) is 14.9. The number of ether oxygens (including phenoxy) is 1. The molecule has 0 aliphatic carbocycles. The molecule has 1 heterocycles. The van der Waals surface area contributed by atoms with Gasteiger partial charge in [0.25, 0.3) is 5.09 Å². The molecular weight excluding hydrogens is 366 g/mol. The Kier molecular flexibility index (Phi) is 9.35. The topological polar surface area (TPSA) is 142 Å². The molecule has 26 heavy (non-hydrogen) atoms. The molecule has 1 aliphatic heterocycles. The van der Waals surface area contributed by atoms with E-state index in [2.05, 4.69) is 4.84 Å². The molecule has 0 aromatic rings. The number of likely N-dealkylation sites (tertiary alicyclic amines) is 1. The molecule has 1 aliphatic rings. The van der Waals surface area contributed by atoms with Crippen LogP contribution in [0.3, 0.4) is 0 Å². The van der Waals surface area contributed by atoms with Crippen molar-refractivity contribution < 1.29 is 29.0 Å². The summed E-state index contributed by atoms with van der Waals surface area (Å²) in [6.07, 6.45) is 1.39. The molecule has 10 nitrogen and oxygen atoms in total. The number of amides is 1. The normalized spacial score (nSPS) is 18.9. The van der Waals surface area contributed by atoms with Crippen molar-refractivity contribution in [3.05, 3.63) is 10.1 Å². The van der Waals surface area contributed by atoms with E-state index in [9.17, 15) is 24.5 Å². The molecule has 1 saturated heterocycles. The zero-order valence-corrected chi connectivity index (χ0v) is 15.7. The lowest BCUT2D eigenvalue weighted by atomic mass is 10.1. The number of nitrogens with two attached hydrogens (primary N) is 1. The fraction of sp³-hybridized carbons (Fsp3) is 0.800. The molecule has 1 fully saturated rings. The number of rotatable bonds is 10. The summed E-state index contributed by atoms with van der Waals surface area (Å²) in [6.45, 7) is 3.58. The molecule has 1 rings (SSSR count). The van der Waals surface area contributed by atoms with Gasteiger partial charge in [0.15, 0.2) is 0 Å². The maximum Gasteiger partial charge on any atom is 0.328 e. The van der Waals surface area contributed by atoms with Crippen molar-refractivity contribution in [3.8, 4) is 0 Å². The summed E-state index contributed by atoms with van der Waals surface area (Å²) < 4.78 is 5.09.